The Balaban J connectivity index is 3.15. The predicted molar refractivity (Wildman–Crippen MR) is 49.0 cm³/mol. The third-order valence-electron chi connectivity index (χ3n) is 1.85. The number of ether oxygens (including phenoxy) is 1. The van der Waals surface area contributed by atoms with E-state index in [4.69, 9.17) is 4.74 Å². The molecule has 0 bridgehead atoms. The van der Waals surface area contributed by atoms with Gasteiger partial charge in [-0.15, -0.1) is 0 Å². The molecule has 1 aromatic carbocycles. The summed E-state index contributed by atoms with van der Waals surface area (Å²) in [6.45, 7) is 1.99. The molecule has 0 unspecified atom stereocenters. The highest BCUT2D eigenvalue weighted by Crippen LogP contribution is 2.27. The van der Waals surface area contributed by atoms with Gasteiger partial charge in [-0.3, -0.25) is 10.1 Å². The second-order valence-corrected chi connectivity index (χ2v) is 2.62. The lowest BCUT2D eigenvalue weighted by Gasteiger charge is -2.02. The van der Waals surface area contributed by atoms with Crippen molar-refractivity contribution in [3.8, 4) is 5.75 Å². The molecule has 0 radical (unpaired) electrons. The van der Waals surface area contributed by atoms with Crippen LogP contribution in [-0.4, -0.2) is 12.0 Å². The molecule has 13 heavy (non-hydrogen) atoms. The Labute approximate surface area is 76.3 Å². The van der Waals surface area contributed by atoms with Crippen molar-refractivity contribution in [2.24, 2.45) is 0 Å². The van der Waals surface area contributed by atoms with Crippen molar-refractivity contribution in [2.45, 2.75) is 13.3 Å². The fraction of sp³-hybridized carbons (Fsp3) is 0.333. The van der Waals surface area contributed by atoms with Gasteiger partial charge in [-0.2, -0.15) is 0 Å². The van der Waals surface area contributed by atoms with Gasteiger partial charge in [0.15, 0.2) is 5.75 Å². The molecule has 1 aromatic rings. The molecule has 4 heteroatoms. The Kier molecular flexibility index (Phi) is 2.84. The smallest absolute Gasteiger partial charge is 0.310 e. The minimum Gasteiger partial charge on any atom is -0.490 e. The van der Waals surface area contributed by atoms with Gasteiger partial charge in [0.25, 0.3) is 0 Å². The van der Waals surface area contributed by atoms with Gasteiger partial charge in [-0.25, -0.2) is 0 Å². The van der Waals surface area contributed by atoms with Gasteiger partial charge in [0.05, 0.1) is 12.0 Å². The van der Waals surface area contributed by atoms with Gasteiger partial charge in [-0.1, -0.05) is 13.0 Å². The molecule has 0 N–H and O–H groups in total. The van der Waals surface area contributed by atoms with Gasteiger partial charge in [0, 0.05) is 6.07 Å². The summed E-state index contributed by atoms with van der Waals surface area (Å²) in [5.41, 5.74) is 1.04. The van der Waals surface area contributed by atoms with Crippen molar-refractivity contribution < 1.29 is 9.66 Å². The van der Waals surface area contributed by atoms with Crippen LogP contribution in [0.3, 0.4) is 0 Å². The Hall–Kier alpha value is -1.58. The van der Waals surface area contributed by atoms with E-state index in [-0.39, 0.29) is 5.69 Å². The van der Waals surface area contributed by atoms with Crippen LogP contribution in [0.5, 0.6) is 5.75 Å². The van der Waals surface area contributed by atoms with Crippen LogP contribution in [0.25, 0.3) is 0 Å². The Bertz CT molecular complexity index is 323. The number of nitro benzene ring substituents is 1. The summed E-state index contributed by atoms with van der Waals surface area (Å²) in [6, 6.07) is 4.90. The van der Waals surface area contributed by atoms with Crippen molar-refractivity contribution in [3.63, 3.8) is 0 Å². The number of aryl methyl sites for hydroxylation is 1. The molecule has 0 saturated carbocycles. The summed E-state index contributed by atoms with van der Waals surface area (Å²) >= 11 is 0. The van der Waals surface area contributed by atoms with Crippen LogP contribution in [0, 0.1) is 10.1 Å². The topological polar surface area (TPSA) is 52.4 Å². The Morgan fingerprint density at radius 1 is 1.54 bits per heavy atom. The van der Waals surface area contributed by atoms with Crippen molar-refractivity contribution in [3.05, 3.63) is 33.9 Å². The molecule has 0 spiro atoms. The van der Waals surface area contributed by atoms with Crippen LogP contribution in [0.1, 0.15) is 12.5 Å². The lowest BCUT2D eigenvalue weighted by Crippen LogP contribution is -1.94. The maximum atomic E-state index is 10.5. The Morgan fingerprint density at radius 3 is 2.69 bits per heavy atom. The van der Waals surface area contributed by atoms with Gasteiger partial charge < -0.3 is 4.74 Å². The number of methoxy groups -OCH3 is 1. The lowest BCUT2D eigenvalue weighted by atomic mass is 10.1. The molecule has 0 aliphatic rings. The third kappa shape index (κ3) is 1.96. The normalized spacial score (nSPS) is 9.69. The largest absolute Gasteiger partial charge is 0.490 e. The Morgan fingerprint density at radius 2 is 2.23 bits per heavy atom. The molecular weight excluding hydrogens is 170 g/mol. The summed E-state index contributed by atoms with van der Waals surface area (Å²) in [5.74, 6) is 0.323. The molecule has 4 nitrogen and oxygen atoms in total. The van der Waals surface area contributed by atoms with Crippen LogP contribution < -0.4 is 4.74 Å². The number of hydrogen-bond donors (Lipinski definition) is 0. The average Bonchev–Trinajstić information content (AvgIpc) is 2.16. The SMILES string of the molecule is CCc1ccc([N+](=O)[O-])c(OC)c1. The van der Waals surface area contributed by atoms with E-state index in [1.54, 1.807) is 12.1 Å². The van der Waals surface area contributed by atoms with Crippen LogP contribution in [-0.2, 0) is 6.42 Å². The number of rotatable bonds is 3. The zero-order chi connectivity index (χ0) is 9.84. The van der Waals surface area contributed by atoms with Gasteiger partial charge in [0.1, 0.15) is 0 Å². The fourth-order valence-electron chi connectivity index (χ4n) is 1.09. The molecule has 0 aliphatic carbocycles. The van der Waals surface area contributed by atoms with E-state index in [0.717, 1.165) is 12.0 Å². The van der Waals surface area contributed by atoms with E-state index in [1.165, 1.54) is 13.2 Å². The van der Waals surface area contributed by atoms with Crippen LogP contribution >= 0.6 is 0 Å². The molecule has 0 saturated heterocycles. The summed E-state index contributed by atoms with van der Waals surface area (Å²) in [6.07, 6.45) is 0.842. The molecular formula is C9H11NO3. The minimum atomic E-state index is -0.446. The first kappa shape index (κ1) is 9.51. The molecule has 1 rings (SSSR count). The maximum Gasteiger partial charge on any atom is 0.310 e. The van der Waals surface area contributed by atoms with E-state index in [2.05, 4.69) is 0 Å². The van der Waals surface area contributed by atoms with Gasteiger partial charge in [0.2, 0.25) is 0 Å². The zero-order valence-corrected chi connectivity index (χ0v) is 7.61. The molecule has 0 aromatic heterocycles. The average molecular weight is 181 g/mol. The lowest BCUT2D eigenvalue weighted by molar-refractivity contribution is -0.385. The molecule has 0 aliphatic heterocycles. The molecule has 0 atom stereocenters. The van der Waals surface area contributed by atoms with Crippen molar-refractivity contribution in [1.82, 2.24) is 0 Å². The van der Waals surface area contributed by atoms with Crippen molar-refractivity contribution in [1.29, 1.82) is 0 Å². The number of nitro groups is 1. The third-order valence-corrected chi connectivity index (χ3v) is 1.85. The second kappa shape index (κ2) is 3.89. The predicted octanol–water partition coefficient (Wildman–Crippen LogP) is 2.17. The summed E-state index contributed by atoms with van der Waals surface area (Å²) in [4.78, 5) is 10.1. The first-order valence-corrected chi connectivity index (χ1v) is 4.00. The van der Waals surface area contributed by atoms with E-state index in [1.807, 2.05) is 6.92 Å². The highest BCUT2D eigenvalue weighted by molar-refractivity contribution is 5.48. The second-order valence-electron chi connectivity index (χ2n) is 2.62. The van der Waals surface area contributed by atoms with Gasteiger partial charge in [-0.05, 0) is 18.1 Å². The summed E-state index contributed by atoms with van der Waals surface area (Å²) in [5, 5.41) is 10.5. The molecule has 0 amide bonds. The quantitative estimate of drug-likeness (QED) is 0.530. The van der Waals surface area contributed by atoms with Gasteiger partial charge >= 0.3 is 5.69 Å². The molecule has 70 valence electrons. The summed E-state index contributed by atoms with van der Waals surface area (Å²) < 4.78 is 4.91. The van der Waals surface area contributed by atoms with Crippen molar-refractivity contribution >= 4 is 5.69 Å². The molecule has 0 fully saturated rings. The summed E-state index contributed by atoms with van der Waals surface area (Å²) in [7, 11) is 1.43. The number of nitrogens with zero attached hydrogens (tertiary/aromatic N) is 1. The fourth-order valence-corrected chi connectivity index (χ4v) is 1.09. The van der Waals surface area contributed by atoms with E-state index >= 15 is 0 Å². The number of hydrogen-bond acceptors (Lipinski definition) is 3. The monoisotopic (exact) mass is 181 g/mol. The highest BCUT2D eigenvalue weighted by Gasteiger charge is 2.13. The zero-order valence-electron chi connectivity index (χ0n) is 7.61. The van der Waals surface area contributed by atoms with Crippen molar-refractivity contribution in [2.75, 3.05) is 7.11 Å². The first-order chi connectivity index (χ1) is 6.19. The highest BCUT2D eigenvalue weighted by atomic mass is 16.6. The maximum absolute atomic E-state index is 10.5. The standard InChI is InChI=1S/C9H11NO3/c1-3-7-4-5-8(10(11)12)9(6-7)13-2/h4-6H,3H2,1-2H3. The van der Waals surface area contributed by atoms with E-state index in [9.17, 15) is 10.1 Å². The van der Waals surface area contributed by atoms with E-state index < -0.39 is 4.92 Å². The van der Waals surface area contributed by atoms with Crippen LogP contribution in [0.2, 0.25) is 0 Å². The van der Waals surface area contributed by atoms with Crippen LogP contribution in [0.4, 0.5) is 5.69 Å². The number of benzene rings is 1. The first-order valence-electron chi connectivity index (χ1n) is 4.00. The van der Waals surface area contributed by atoms with Crippen LogP contribution in [0.15, 0.2) is 18.2 Å². The minimum absolute atomic E-state index is 0.0136. The van der Waals surface area contributed by atoms with E-state index in [0.29, 0.717) is 5.75 Å². The molecule has 0 heterocycles.